The number of hydrogen-bond acceptors (Lipinski definition) is 8. The molecule has 0 radical (unpaired) electrons. The molecule has 2 N–H and O–H groups in total. The molecule has 2 amide bonds. The lowest BCUT2D eigenvalue weighted by Crippen LogP contribution is -2.43. The van der Waals surface area contributed by atoms with Gasteiger partial charge in [0.1, 0.15) is 23.3 Å². The number of hydrogen-bond donors (Lipinski definition) is 2. The van der Waals surface area contributed by atoms with Crippen molar-refractivity contribution >= 4 is 35.6 Å². The fourth-order valence-electron chi connectivity index (χ4n) is 7.23. The lowest BCUT2D eigenvalue weighted by molar-refractivity contribution is 0.0799. The molecule has 250 valence electrons. The summed E-state index contributed by atoms with van der Waals surface area (Å²) in [5.74, 6) is 2.25. The van der Waals surface area contributed by atoms with E-state index in [0.29, 0.717) is 30.5 Å². The molecular formula is C37H48N6O3S. The van der Waals surface area contributed by atoms with E-state index in [1.807, 2.05) is 65.6 Å². The summed E-state index contributed by atoms with van der Waals surface area (Å²) < 4.78 is 8.68. The number of carbonyl (C=O) groups excluding carboxylic acids is 2. The zero-order chi connectivity index (χ0) is 33.2. The van der Waals surface area contributed by atoms with Crippen LogP contribution in [0, 0.1) is 11.8 Å². The number of rotatable bonds is 3. The third kappa shape index (κ3) is 7.86. The van der Waals surface area contributed by atoms with Crippen molar-refractivity contribution in [2.24, 2.45) is 11.8 Å². The van der Waals surface area contributed by atoms with Crippen molar-refractivity contribution in [1.82, 2.24) is 19.6 Å². The van der Waals surface area contributed by atoms with Crippen molar-refractivity contribution in [3.63, 3.8) is 0 Å². The smallest absolute Gasteiger partial charge is 0.410 e. The molecule has 9 nitrogen and oxygen atoms in total. The minimum atomic E-state index is -0.243. The molecule has 3 aromatic rings. The first-order valence-electron chi connectivity index (χ1n) is 16.9. The fraction of sp³-hybridized carbons (Fsp3) is 0.514. The first-order valence-corrected chi connectivity index (χ1v) is 17.7. The summed E-state index contributed by atoms with van der Waals surface area (Å²) in [5.41, 5.74) is 2.27. The van der Waals surface area contributed by atoms with Gasteiger partial charge in [0.25, 0.3) is 5.91 Å². The van der Waals surface area contributed by atoms with Crippen LogP contribution in [0.5, 0.6) is 0 Å². The second-order valence-electron chi connectivity index (χ2n) is 14.9. The maximum atomic E-state index is 13.7. The van der Waals surface area contributed by atoms with Crippen molar-refractivity contribution in [3.05, 3.63) is 77.5 Å². The number of nitrogens with one attached hydrogen (secondary N) is 2. The summed E-state index contributed by atoms with van der Waals surface area (Å²) in [4.78, 5) is 40.8. The number of aromatic nitrogens is 2. The number of fused-ring (bicyclic) bond motifs is 6. The molecule has 2 aromatic heterocycles. The highest BCUT2D eigenvalue weighted by molar-refractivity contribution is 7.97. The highest BCUT2D eigenvalue weighted by Crippen LogP contribution is 2.41. The molecule has 2 saturated heterocycles. The Morgan fingerprint density at radius 3 is 2.49 bits per heavy atom. The van der Waals surface area contributed by atoms with Crippen molar-refractivity contribution < 1.29 is 14.3 Å². The van der Waals surface area contributed by atoms with E-state index in [4.69, 9.17) is 14.7 Å². The quantitative estimate of drug-likeness (QED) is 0.281. The summed E-state index contributed by atoms with van der Waals surface area (Å²) in [6.07, 6.45) is 4.63. The standard InChI is InChI=1S/C37H48N6O3S/c1-36(2,3)30-17-15-28-33(39-30)43-23-26(22-37(43,4)5)14-16-29(38-31-12-9-13-32(40-31)47-41-34(28)44)27-18-20-42(21-19-27)35(45)46-24-25-10-7-6-8-11-25/h6-13,15,17,26-27,29H,14,16,18-24H2,1-5H3,(H,38,40)(H,41,44). The Balaban J connectivity index is 1.21. The van der Waals surface area contributed by atoms with Crippen LogP contribution in [0.4, 0.5) is 16.4 Å². The van der Waals surface area contributed by atoms with Gasteiger partial charge in [-0.15, -0.1) is 0 Å². The molecule has 2 unspecified atom stereocenters. The normalized spacial score (nSPS) is 21.9. The van der Waals surface area contributed by atoms with Gasteiger partial charge < -0.3 is 19.9 Å². The van der Waals surface area contributed by atoms with E-state index in [1.54, 1.807) is 0 Å². The summed E-state index contributed by atoms with van der Waals surface area (Å²) in [7, 11) is 0. The van der Waals surface area contributed by atoms with Gasteiger partial charge in [0.05, 0.1) is 5.56 Å². The van der Waals surface area contributed by atoms with E-state index in [-0.39, 0.29) is 35.6 Å². The highest BCUT2D eigenvalue weighted by atomic mass is 32.2. The molecule has 6 rings (SSSR count). The molecular weight excluding hydrogens is 609 g/mol. The number of nitrogens with zero attached hydrogens (tertiary/aromatic N) is 4. The third-order valence-electron chi connectivity index (χ3n) is 9.87. The van der Waals surface area contributed by atoms with Crippen LogP contribution in [-0.4, -0.2) is 58.1 Å². The van der Waals surface area contributed by atoms with Gasteiger partial charge in [0, 0.05) is 54.3 Å². The molecule has 47 heavy (non-hydrogen) atoms. The first kappa shape index (κ1) is 33.1. The van der Waals surface area contributed by atoms with Gasteiger partial charge in [-0.3, -0.25) is 9.52 Å². The van der Waals surface area contributed by atoms with E-state index < -0.39 is 0 Å². The molecule has 0 aliphatic carbocycles. The number of likely N-dealkylation sites (tertiary alicyclic amines) is 1. The van der Waals surface area contributed by atoms with Crippen molar-refractivity contribution in [3.8, 4) is 0 Å². The molecule has 10 heteroatoms. The average molecular weight is 657 g/mol. The van der Waals surface area contributed by atoms with Crippen molar-refractivity contribution in [2.45, 2.75) is 95.4 Å². The van der Waals surface area contributed by atoms with Gasteiger partial charge in [-0.05, 0) is 87.6 Å². The van der Waals surface area contributed by atoms with Crippen molar-refractivity contribution in [1.29, 1.82) is 0 Å². The summed E-state index contributed by atoms with van der Waals surface area (Å²) in [5, 5.41) is 4.50. The summed E-state index contributed by atoms with van der Waals surface area (Å²) >= 11 is 1.23. The average Bonchev–Trinajstić information content (AvgIpc) is 3.37. The second-order valence-corrected chi connectivity index (χ2v) is 15.7. The number of benzene rings is 1. The highest BCUT2D eigenvalue weighted by Gasteiger charge is 2.41. The molecule has 2 fully saturated rings. The van der Waals surface area contributed by atoms with E-state index >= 15 is 0 Å². The van der Waals surface area contributed by atoms with Crippen LogP contribution in [0.25, 0.3) is 0 Å². The predicted octanol–water partition coefficient (Wildman–Crippen LogP) is 7.44. The molecule has 0 spiro atoms. The van der Waals surface area contributed by atoms with Gasteiger partial charge in [0.15, 0.2) is 0 Å². The van der Waals surface area contributed by atoms with E-state index in [9.17, 15) is 9.59 Å². The van der Waals surface area contributed by atoms with Gasteiger partial charge in [0.2, 0.25) is 0 Å². The summed E-state index contributed by atoms with van der Waals surface area (Å²) in [6, 6.07) is 19.8. The minimum Gasteiger partial charge on any atom is -0.445 e. The summed E-state index contributed by atoms with van der Waals surface area (Å²) in [6.45, 7) is 13.5. The molecule has 3 aliphatic heterocycles. The lowest BCUT2D eigenvalue weighted by atomic mass is 9.84. The Morgan fingerprint density at radius 2 is 1.74 bits per heavy atom. The molecule has 5 heterocycles. The number of pyridine rings is 2. The Morgan fingerprint density at radius 1 is 0.979 bits per heavy atom. The van der Waals surface area contributed by atoms with Gasteiger partial charge in [-0.25, -0.2) is 14.8 Å². The van der Waals surface area contributed by atoms with Crippen LogP contribution in [0.1, 0.15) is 88.3 Å². The fourth-order valence-corrected chi connectivity index (χ4v) is 7.83. The SMILES string of the molecule is CC(C)(C)c1ccc2c(n1)N1CC(CCC(C3CCN(C(=O)OCc4ccccc4)CC3)Nc3cccc(n3)SNC2=O)CC1(C)C. The third-order valence-corrected chi connectivity index (χ3v) is 10.6. The first-order chi connectivity index (χ1) is 22.5. The number of ether oxygens (including phenoxy) is 1. The van der Waals surface area contributed by atoms with Gasteiger partial charge >= 0.3 is 6.09 Å². The van der Waals surface area contributed by atoms with Gasteiger partial charge in [-0.1, -0.05) is 57.2 Å². The number of piperidine rings is 1. The maximum Gasteiger partial charge on any atom is 0.410 e. The Hall–Kier alpha value is -3.79. The van der Waals surface area contributed by atoms with E-state index in [2.05, 4.69) is 49.6 Å². The predicted molar refractivity (Wildman–Crippen MR) is 188 cm³/mol. The topological polar surface area (TPSA) is 99.7 Å². The zero-order valence-electron chi connectivity index (χ0n) is 28.3. The van der Waals surface area contributed by atoms with E-state index in [1.165, 1.54) is 11.9 Å². The van der Waals surface area contributed by atoms with E-state index in [0.717, 1.165) is 66.6 Å². The molecule has 3 aliphatic rings. The molecule has 0 saturated carbocycles. The van der Waals surface area contributed by atoms with Crippen LogP contribution in [0.3, 0.4) is 0 Å². The second kappa shape index (κ2) is 13.7. The Labute approximate surface area is 283 Å². The Bertz CT molecular complexity index is 1570. The van der Waals surface area contributed by atoms with Crippen LogP contribution in [0.2, 0.25) is 0 Å². The maximum absolute atomic E-state index is 13.7. The number of carbonyl (C=O) groups is 2. The number of amides is 2. The van der Waals surface area contributed by atoms with Crippen LogP contribution in [-0.2, 0) is 16.8 Å². The van der Waals surface area contributed by atoms with Crippen LogP contribution < -0.4 is 14.9 Å². The lowest BCUT2D eigenvalue weighted by Gasteiger charge is -2.36. The largest absolute Gasteiger partial charge is 0.445 e. The minimum absolute atomic E-state index is 0.141. The zero-order valence-corrected chi connectivity index (χ0v) is 29.1. The number of anilines is 2. The van der Waals surface area contributed by atoms with Crippen LogP contribution >= 0.6 is 11.9 Å². The molecule has 4 bridgehead atoms. The molecule has 2 atom stereocenters. The monoisotopic (exact) mass is 656 g/mol. The van der Waals surface area contributed by atoms with Gasteiger partial charge in [-0.2, -0.15) is 0 Å². The van der Waals surface area contributed by atoms with Crippen molar-refractivity contribution in [2.75, 3.05) is 29.9 Å². The van der Waals surface area contributed by atoms with Crippen LogP contribution in [0.15, 0.2) is 65.7 Å². The Kier molecular flexibility index (Phi) is 9.69. The molecule has 1 aromatic carbocycles.